The maximum absolute atomic E-state index is 12.5. The summed E-state index contributed by atoms with van der Waals surface area (Å²) in [5.74, 6) is 1.90. The number of methoxy groups -OCH3 is 1. The van der Waals surface area contributed by atoms with E-state index in [4.69, 9.17) is 9.47 Å². The molecule has 26 heavy (non-hydrogen) atoms. The van der Waals surface area contributed by atoms with Crippen LogP contribution < -0.4 is 14.8 Å². The number of benzene rings is 2. The third-order valence-corrected chi connectivity index (χ3v) is 3.86. The van der Waals surface area contributed by atoms with Gasteiger partial charge in [0.05, 0.1) is 26.5 Å². The van der Waals surface area contributed by atoms with E-state index >= 15 is 0 Å². The van der Waals surface area contributed by atoms with Gasteiger partial charge in [-0.2, -0.15) is 5.10 Å². The van der Waals surface area contributed by atoms with Crippen LogP contribution in [0.25, 0.3) is 0 Å². The van der Waals surface area contributed by atoms with Crippen LogP contribution >= 0.6 is 0 Å². The summed E-state index contributed by atoms with van der Waals surface area (Å²) in [5, 5.41) is 7.19. The Morgan fingerprint density at radius 1 is 1.12 bits per heavy atom. The van der Waals surface area contributed by atoms with Gasteiger partial charge in [-0.1, -0.05) is 18.2 Å². The lowest BCUT2D eigenvalue weighted by Crippen LogP contribution is -2.16. The maximum atomic E-state index is 12.5. The molecule has 0 aliphatic heterocycles. The van der Waals surface area contributed by atoms with Crippen molar-refractivity contribution in [2.75, 3.05) is 19.0 Å². The summed E-state index contributed by atoms with van der Waals surface area (Å²) < 4.78 is 12.4. The number of nitrogens with zero attached hydrogens (tertiary/aromatic N) is 2. The number of rotatable bonds is 7. The quantitative estimate of drug-likeness (QED) is 0.706. The van der Waals surface area contributed by atoms with Crippen LogP contribution in [-0.2, 0) is 6.54 Å². The first-order valence-electron chi connectivity index (χ1n) is 8.38. The van der Waals surface area contributed by atoms with E-state index in [1.165, 1.54) is 0 Å². The van der Waals surface area contributed by atoms with Crippen LogP contribution in [0.15, 0.2) is 60.8 Å². The number of ether oxygens (including phenoxy) is 2. The highest BCUT2D eigenvalue weighted by molar-refractivity contribution is 6.04. The molecule has 1 heterocycles. The molecule has 6 nitrogen and oxygen atoms in total. The van der Waals surface area contributed by atoms with Crippen molar-refractivity contribution in [3.63, 3.8) is 0 Å². The fourth-order valence-electron chi connectivity index (χ4n) is 2.55. The van der Waals surface area contributed by atoms with Crippen LogP contribution in [0.4, 0.5) is 5.82 Å². The number of amides is 1. The van der Waals surface area contributed by atoms with E-state index in [9.17, 15) is 4.79 Å². The predicted octanol–water partition coefficient (Wildman–Crippen LogP) is 3.59. The molecular formula is C20H21N3O3. The molecule has 0 fully saturated rings. The molecule has 0 atom stereocenters. The van der Waals surface area contributed by atoms with Gasteiger partial charge < -0.3 is 14.8 Å². The summed E-state index contributed by atoms with van der Waals surface area (Å²) in [6.07, 6.45) is 1.66. The van der Waals surface area contributed by atoms with Gasteiger partial charge in [-0.05, 0) is 42.8 Å². The Labute approximate surface area is 152 Å². The van der Waals surface area contributed by atoms with Crippen molar-refractivity contribution in [3.05, 3.63) is 71.9 Å². The van der Waals surface area contributed by atoms with E-state index in [2.05, 4.69) is 10.4 Å². The highest BCUT2D eigenvalue weighted by atomic mass is 16.5. The molecule has 0 saturated heterocycles. The van der Waals surface area contributed by atoms with E-state index < -0.39 is 0 Å². The molecule has 0 saturated carbocycles. The Bertz CT molecular complexity index is 872. The van der Waals surface area contributed by atoms with Gasteiger partial charge in [-0.25, -0.2) is 4.68 Å². The fourth-order valence-corrected chi connectivity index (χ4v) is 2.55. The second-order valence-electron chi connectivity index (χ2n) is 5.64. The predicted molar refractivity (Wildman–Crippen MR) is 99.9 cm³/mol. The van der Waals surface area contributed by atoms with E-state index in [-0.39, 0.29) is 5.91 Å². The van der Waals surface area contributed by atoms with Gasteiger partial charge in [0.2, 0.25) is 0 Å². The lowest BCUT2D eigenvalue weighted by atomic mass is 10.2. The maximum Gasteiger partial charge on any atom is 0.256 e. The normalized spacial score (nSPS) is 10.4. The highest BCUT2D eigenvalue weighted by Crippen LogP contribution is 2.17. The molecule has 1 amide bonds. The molecule has 0 bridgehead atoms. The Morgan fingerprint density at radius 2 is 1.92 bits per heavy atom. The molecule has 0 unspecified atom stereocenters. The first kappa shape index (κ1) is 17.5. The van der Waals surface area contributed by atoms with Crippen molar-refractivity contribution in [1.82, 2.24) is 9.78 Å². The zero-order chi connectivity index (χ0) is 18.4. The fraction of sp³-hybridized carbons (Fsp3) is 0.200. The first-order valence-corrected chi connectivity index (χ1v) is 8.38. The van der Waals surface area contributed by atoms with Crippen molar-refractivity contribution in [3.8, 4) is 11.5 Å². The van der Waals surface area contributed by atoms with Crippen molar-refractivity contribution >= 4 is 11.7 Å². The average molecular weight is 351 g/mol. The van der Waals surface area contributed by atoms with Crippen molar-refractivity contribution in [1.29, 1.82) is 0 Å². The van der Waals surface area contributed by atoms with Crippen LogP contribution in [0.2, 0.25) is 0 Å². The van der Waals surface area contributed by atoms with Crippen LogP contribution in [0.1, 0.15) is 22.8 Å². The Kier molecular flexibility index (Phi) is 5.53. The molecular weight excluding hydrogens is 330 g/mol. The van der Waals surface area contributed by atoms with Crippen molar-refractivity contribution in [2.45, 2.75) is 13.5 Å². The molecule has 1 N–H and O–H groups in total. The Hall–Kier alpha value is -3.28. The summed E-state index contributed by atoms with van der Waals surface area (Å²) in [6, 6.07) is 16.6. The summed E-state index contributed by atoms with van der Waals surface area (Å²) in [4.78, 5) is 12.5. The van der Waals surface area contributed by atoms with Gasteiger partial charge in [0.25, 0.3) is 5.91 Å². The third-order valence-electron chi connectivity index (χ3n) is 3.86. The van der Waals surface area contributed by atoms with E-state index in [1.807, 2.05) is 37.3 Å². The average Bonchev–Trinajstić information content (AvgIpc) is 3.09. The Balaban J connectivity index is 1.71. The van der Waals surface area contributed by atoms with Crippen LogP contribution in [-0.4, -0.2) is 29.4 Å². The van der Waals surface area contributed by atoms with Gasteiger partial charge in [-0.3, -0.25) is 4.79 Å². The van der Waals surface area contributed by atoms with Gasteiger partial charge in [0, 0.05) is 11.6 Å². The largest absolute Gasteiger partial charge is 0.497 e. The van der Waals surface area contributed by atoms with E-state index in [1.54, 1.807) is 42.3 Å². The van der Waals surface area contributed by atoms with Gasteiger partial charge in [0.15, 0.2) is 0 Å². The van der Waals surface area contributed by atoms with Gasteiger partial charge in [0.1, 0.15) is 17.3 Å². The monoisotopic (exact) mass is 351 g/mol. The van der Waals surface area contributed by atoms with Crippen molar-refractivity contribution in [2.24, 2.45) is 0 Å². The summed E-state index contributed by atoms with van der Waals surface area (Å²) in [5.41, 5.74) is 1.59. The summed E-state index contributed by atoms with van der Waals surface area (Å²) >= 11 is 0. The summed E-state index contributed by atoms with van der Waals surface area (Å²) in [6.45, 7) is 3.01. The molecule has 3 rings (SSSR count). The topological polar surface area (TPSA) is 65.4 Å². The molecule has 0 radical (unpaired) electrons. The zero-order valence-electron chi connectivity index (χ0n) is 14.8. The molecule has 6 heteroatoms. The van der Waals surface area contributed by atoms with E-state index in [0.717, 1.165) is 11.3 Å². The first-order chi connectivity index (χ1) is 12.7. The number of aromatic nitrogens is 2. The van der Waals surface area contributed by atoms with Gasteiger partial charge >= 0.3 is 0 Å². The second-order valence-corrected chi connectivity index (χ2v) is 5.64. The second kappa shape index (κ2) is 8.20. The standard InChI is InChI=1S/C20H21N3O3/c1-3-26-18-6-4-5-16(13-18)20(24)22-19-11-12-21-23(19)14-15-7-9-17(25-2)10-8-15/h4-13H,3,14H2,1-2H3,(H,22,24). The molecule has 0 aliphatic carbocycles. The molecule has 3 aromatic rings. The van der Waals surface area contributed by atoms with Crippen LogP contribution in [0, 0.1) is 0 Å². The minimum Gasteiger partial charge on any atom is -0.497 e. The molecule has 2 aromatic carbocycles. The third kappa shape index (κ3) is 4.22. The molecule has 1 aromatic heterocycles. The zero-order valence-corrected chi connectivity index (χ0v) is 14.8. The number of carbonyl (C=O) groups excluding carboxylic acids is 1. The lowest BCUT2D eigenvalue weighted by Gasteiger charge is -2.10. The molecule has 134 valence electrons. The SMILES string of the molecule is CCOc1cccc(C(=O)Nc2ccnn2Cc2ccc(OC)cc2)c1. The minimum absolute atomic E-state index is 0.206. The number of hydrogen-bond acceptors (Lipinski definition) is 4. The number of anilines is 1. The minimum atomic E-state index is -0.206. The number of hydrogen-bond donors (Lipinski definition) is 1. The van der Waals surface area contributed by atoms with Crippen LogP contribution in [0.3, 0.4) is 0 Å². The summed E-state index contributed by atoms with van der Waals surface area (Å²) in [7, 11) is 1.64. The Morgan fingerprint density at radius 3 is 2.65 bits per heavy atom. The molecule has 0 aliphatic rings. The smallest absolute Gasteiger partial charge is 0.256 e. The molecule has 0 spiro atoms. The highest BCUT2D eigenvalue weighted by Gasteiger charge is 2.11. The number of carbonyl (C=O) groups is 1. The van der Waals surface area contributed by atoms with Gasteiger partial charge in [-0.15, -0.1) is 0 Å². The van der Waals surface area contributed by atoms with Crippen molar-refractivity contribution < 1.29 is 14.3 Å². The lowest BCUT2D eigenvalue weighted by molar-refractivity contribution is 0.102. The van der Waals surface area contributed by atoms with Crippen LogP contribution in [0.5, 0.6) is 11.5 Å². The van der Waals surface area contributed by atoms with E-state index in [0.29, 0.717) is 30.3 Å². The number of nitrogens with one attached hydrogen (secondary N) is 1.